The molecule has 0 bridgehead atoms. The van der Waals surface area contributed by atoms with Gasteiger partial charge in [-0.15, -0.1) is 0 Å². The first-order valence-electron chi connectivity index (χ1n) is 10.9. The van der Waals surface area contributed by atoms with Crippen molar-refractivity contribution in [3.05, 3.63) is 42.5 Å². The Hall–Kier alpha value is -3.33. The number of imidazole rings is 2. The Labute approximate surface area is 176 Å². The fourth-order valence-corrected chi connectivity index (χ4v) is 4.69. The van der Waals surface area contributed by atoms with Gasteiger partial charge >= 0.3 is 0 Å². The molecule has 6 heteroatoms. The molecule has 2 aromatic carbocycles. The third-order valence-electron chi connectivity index (χ3n) is 6.23. The molecule has 1 aliphatic rings. The smallest absolute Gasteiger partial charge is 0.104 e. The van der Waals surface area contributed by atoms with E-state index in [2.05, 4.69) is 57.1 Å². The average Bonchev–Trinajstić information content (AvgIpc) is 3.44. The maximum Gasteiger partial charge on any atom is 0.104 e. The molecular formula is C24H26N6. The summed E-state index contributed by atoms with van der Waals surface area (Å²) in [6.45, 7) is 2.93. The number of hydrogen-bond acceptors (Lipinski definition) is 4. The Bertz CT molecular complexity index is 1240. The van der Waals surface area contributed by atoms with E-state index < -0.39 is 0 Å². The number of benzene rings is 2. The summed E-state index contributed by atoms with van der Waals surface area (Å²) < 4.78 is 2.36. The van der Waals surface area contributed by atoms with E-state index in [1.165, 1.54) is 37.6 Å². The SMILES string of the molecule is CCCNc1cc(-c2ccc3c(c2)ncn3C2CCCCC2)c2nc[nH]c2c1C#N. The third kappa shape index (κ3) is 3.11. The predicted octanol–water partition coefficient (Wildman–Crippen LogP) is 5.78. The monoisotopic (exact) mass is 398 g/mol. The van der Waals surface area contributed by atoms with Gasteiger partial charge in [0.25, 0.3) is 0 Å². The molecule has 0 spiro atoms. The number of aromatic nitrogens is 4. The summed E-state index contributed by atoms with van der Waals surface area (Å²) in [6, 6.07) is 11.4. The standard InChI is InChI=1S/C24H26N6/c1-2-10-26-20-12-18(23-24(19(20)13-25)28-14-27-23)16-8-9-22-21(11-16)29-15-30(22)17-6-4-3-5-7-17/h8-9,11-12,14-15,17,26H,2-7,10H2,1H3,(H,27,28). The number of hydrogen-bond donors (Lipinski definition) is 2. The summed E-state index contributed by atoms with van der Waals surface area (Å²) in [5.41, 5.74) is 7.34. The van der Waals surface area contributed by atoms with Gasteiger partial charge in [-0.3, -0.25) is 0 Å². The van der Waals surface area contributed by atoms with Gasteiger partial charge in [0.1, 0.15) is 11.6 Å². The Kier molecular flexibility index (Phi) is 4.88. The molecule has 30 heavy (non-hydrogen) atoms. The van der Waals surface area contributed by atoms with Gasteiger partial charge in [0.05, 0.1) is 40.4 Å². The minimum Gasteiger partial charge on any atom is -0.384 e. The summed E-state index contributed by atoms with van der Waals surface area (Å²) in [6.07, 6.45) is 11.1. The van der Waals surface area contributed by atoms with Crippen molar-refractivity contribution in [1.82, 2.24) is 19.5 Å². The topological polar surface area (TPSA) is 82.3 Å². The molecule has 6 nitrogen and oxygen atoms in total. The molecule has 0 unspecified atom stereocenters. The first-order chi connectivity index (χ1) is 14.8. The lowest BCUT2D eigenvalue weighted by molar-refractivity contribution is 0.359. The second-order valence-electron chi connectivity index (χ2n) is 8.16. The van der Waals surface area contributed by atoms with Crippen LogP contribution < -0.4 is 5.32 Å². The number of aromatic amines is 1. The number of fused-ring (bicyclic) bond motifs is 2. The van der Waals surface area contributed by atoms with Gasteiger partial charge in [-0.05, 0) is 43.0 Å². The van der Waals surface area contributed by atoms with E-state index in [1.54, 1.807) is 6.33 Å². The Morgan fingerprint density at radius 1 is 1.20 bits per heavy atom. The molecule has 4 aromatic rings. The van der Waals surface area contributed by atoms with Crippen LogP contribution in [0.1, 0.15) is 57.1 Å². The highest BCUT2D eigenvalue weighted by atomic mass is 15.1. The van der Waals surface area contributed by atoms with Crippen molar-refractivity contribution < 1.29 is 0 Å². The third-order valence-corrected chi connectivity index (χ3v) is 6.23. The molecule has 1 saturated carbocycles. The van der Waals surface area contributed by atoms with Crippen molar-refractivity contribution in [3.63, 3.8) is 0 Å². The molecule has 2 N–H and O–H groups in total. The second-order valence-corrected chi connectivity index (χ2v) is 8.16. The largest absolute Gasteiger partial charge is 0.384 e. The lowest BCUT2D eigenvalue weighted by Gasteiger charge is -2.23. The summed E-state index contributed by atoms with van der Waals surface area (Å²) in [4.78, 5) is 12.4. The quantitative estimate of drug-likeness (QED) is 0.446. The van der Waals surface area contributed by atoms with Crippen LogP contribution in [0.15, 0.2) is 36.9 Å². The lowest BCUT2D eigenvalue weighted by Crippen LogP contribution is -2.11. The highest BCUT2D eigenvalue weighted by Crippen LogP contribution is 2.36. The molecule has 0 radical (unpaired) electrons. The Morgan fingerprint density at radius 2 is 2.07 bits per heavy atom. The maximum absolute atomic E-state index is 9.71. The van der Waals surface area contributed by atoms with E-state index >= 15 is 0 Å². The van der Waals surface area contributed by atoms with E-state index in [4.69, 9.17) is 4.98 Å². The molecule has 2 aromatic heterocycles. The molecular weight excluding hydrogens is 372 g/mol. The highest BCUT2D eigenvalue weighted by Gasteiger charge is 2.19. The lowest BCUT2D eigenvalue weighted by atomic mass is 9.95. The van der Waals surface area contributed by atoms with E-state index in [-0.39, 0.29) is 0 Å². The Balaban J connectivity index is 1.61. The van der Waals surface area contributed by atoms with Crippen molar-refractivity contribution in [2.24, 2.45) is 0 Å². The second kappa shape index (κ2) is 7.83. The average molecular weight is 399 g/mol. The molecule has 0 saturated heterocycles. The van der Waals surface area contributed by atoms with Gasteiger partial charge in [0.15, 0.2) is 0 Å². The molecule has 1 fully saturated rings. The molecule has 2 heterocycles. The first-order valence-corrected chi connectivity index (χ1v) is 10.9. The number of anilines is 1. The Morgan fingerprint density at radius 3 is 2.87 bits per heavy atom. The van der Waals surface area contributed by atoms with Crippen molar-refractivity contribution in [3.8, 4) is 17.2 Å². The van der Waals surface area contributed by atoms with E-state index in [0.29, 0.717) is 11.6 Å². The molecule has 0 aliphatic heterocycles. The fourth-order valence-electron chi connectivity index (χ4n) is 4.69. The molecule has 0 amide bonds. The van der Waals surface area contributed by atoms with Crippen LogP contribution in [0.3, 0.4) is 0 Å². The van der Waals surface area contributed by atoms with Crippen LogP contribution in [-0.4, -0.2) is 26.1 Å². The zero-order chi connectivity index (χ0) is 20.5. The van der Waals surface area contributed by atoms with Crippen molar-refractivity contribution >= 4 is 27.8 Å². The van der Waals surface area contributed by atoms with Gasteiger partial charge < -0.3 is 14.9 Å². The van der Waals surface area contributed by atoms with Crippen LogP contribution in [0, 0.1) is 11.3 Å². The van der Waals surface area contributed by atoms with Crippen molar-refractivity contribution in [2.45, 2.75) is 51.5 Å². The van der Waals surface area contributed by atoms with Crippen LogP contribution in [-0.2, 0) is 0 Å². The zero-order valence-corrected chi connectivity index (χ0v) is 17.3. The minimum absolute atomic E-state index is 0.562. The number of H-pyrrole nitrogens is 1. The van der Waals surface area contributed by atoms with Crippen LogP contribution >= 0.6 is 0 Å². The first kappa shape index (κ1) is 18.7. The van der Waals surface area contributed by atoms with Crippen LogP contribution in [0.5, 0.6) is 0 Å². The van der Waals surface area contributed by atoms with Gasteiger partial charge in [-0.1, -0.05) is 32.3 Å². The van der Waals surface area contributed by atoms with Crippen LogP contribution in [0.25, 0.3) is 33.2 Å². The van der Waals surface area contributed by atoms with Crippen molar-refractivity contribution in [2.75, 3.05) is 11.9 Å². The fraction of sp³-hybridized carbons (Fsp3) is 0.375. The summed E-state index contributed by atoms with van der Waals surface area (Å²) in [5, 5.41) is 13.1. The highest BCUT2D eigenvalue weighted by molar-refractivity contribution is 6.00. The van der Waals surface area contributed by atoms with E-state index in [1.807, 2.05) is 6.33 Å². The van der Waals surface area contributed by atoms with Gasteiger partial charge in [-0.2, -0.15) is 5.26 Å². The van der Waals surface area contributed by atoms with Gasteiger partial charge in [-0.25, -0.2) is 9.97 Å². The summed E-state index contributed by atoms with van der Waals surface area (Å²) in [7, 11) is 0. The molecule has 0 atom stereocenters. The number of nitriles is 1. The van der Waals surface area contributed by atoms with Gasteiger partial charge in [0, 0.05) is 18.2 Å². The minimum atomic E-state index is 0.562. The zero-order valence-electron chi connectivity index (χ0n) is 17.3. The van der Waals surface area contributed by atoms with E-state index in [0.717, 1.165) is 46.3 Å². The summed E-state index contributed by atoms with van der Waals surface area (Å²) in [5.74, 6) is 0. The number of nitrogens with zero attached hydrogens (tertiary/aromatic N) is 4. The van der Waals surface area contributed by atoms with Gasteiger partial charge in [0.2, 0.25) is 0 Å². The van der Waals surface area contributed by atoms with Crippen LogP contribution in [0.2, 0.25) is 0 Å². The molecule has 1 aliphatic carbocycles. The molecule has 5 rings (SSSR count). The van der Waals surface area contributed by atoms with E-state index in [9.17, 15) is 5.26 Å². The van der Waals surface area contributed by atoms with Crippen molar-refractivity contribution in [1.29, 1.82) is 5.26 Å². The molecule has 152 valence electrons. The predicted molar refractivity (Wildman–Crippen MR) is 120 cm³/mol. The summed E-state index contributed by atoms with van der Waals surface area (Å²) >= 11 is 0. The number of rotatable bonds is 5. The number of nitrogens with one attached hydrogen (secondary N) is 2. The normalized spacial score (nSPS) is 14.9. The maximum atomic E-state index is 9.71. The van der Waals surface area contributed by atoms with Crippen LogP contribution in [0.4, 0.5) is 5.69 Å².